The Balaban J connectivity index is 1.49. The van der Waals surface area contributed by atoms with Crippen molar-refractivity contribution in [3.05, 3.63) is 35.9 Å². The highest BCUT2D eigenvalue weighted by molar-refractivity contribution is 5.94. The van der Waals surface area contributed by atoms with Crippen LogP contribution in [0.3, 0.4) is 0 Å². The van der Waals surface area contributed by atoms with Crippen molar-refractivity contribution >= 4 is 11.8 Å². The van der Waals surface area contributed by atoms with E-state index in [-0.39, 0.29) is 24.8 Å². The van der Waals surface area contributed by atoms with Gasteiger partial charge < -0.3 is 25.2 Å². The van der Waals surface area contributed by atoms with E-state index in [1.807, 2.05) is 6.07 Å². The molecule has 7 heteroatoms. The van der Waals surface area contributed by atoms with Gasteiger partial charge in [-0.05, 0) is 30.9 Å². The van der Waals surface area contributed by atoms with Crippen LogP contribution < -0.4 is 5.32 Å². The highest BCUT2D eigenvalue weighted by atomic mass is 16.5. The normalized spacial score (nSPS) is 28.9. The van der Waals surface area contributed by atoms with E-state index in [9.17, 15) is 19.8 Å². The summed E-state index contributed by atoms with van der Waals surface area (Å²) in [4.78, 5) is 26.4. The third-order valence-corrected chi connectivity index (χ3v) is 5.47. The van der Waals surface area contributed by atoms with Crippen LogP contribution in [0.15, 0.2) is 30.3 Å². The molecule has 2 aliphatic heterocycles. The molecule has 0 unspecified atom stereocenters. The lowest BCUT2D eigenvalue weighted by Gasteiger charge is -2.31. The summed E-state index contributed by atoms with van der Waals surface area (Å²) >= 11 is 0. The summed E-state index contributed by atoms with van der Waals surface area (Å²) in [6.45, 7) is 3.69. The smallest absolute Gasteiger partial charge is 0.251 e. The lowest BCUT2D eigenvalue weighted by Crippen LogP contribution is -2.41. The molecular weight excluding hydrogens is 348 g/mol. The van der Waals surface area contributed by atoms with E-state index in [4.69, 9.17) is 4.74 Å². The standard InChI is InChI=1S/C20H28N2O5/c1-13-7-9-22(10-8-13)17(23)11-15-18(24)19(25)16(27-15)12-21-20(26)14-5-3-2-4-6-14/h2-6,13,15-16,18-19,24-25H,7-12H2,1H3,(H,21,26)/t15-,16+,18-,19+/m0/s1. The Morgan fingerprint density at radius 2 is 1.74 bits per heavy atom. The Labute approximate surface area is 159 Å². The quantitative estimate of drug-likeness (QED) is 0.697. The number of nitrogens with one attached hydrogen (secondary N) is 1. The summed E-state index contributed by atoms with van der Waals surface area (Å²) < 4.78 is 5.69. The number of carbonyl (C=O) groups is 2. The van der Waals surface area contributed by atoms with Crippen LogP contribution in [0, 0.1) is 5.92 Å². The van der Waals surface area contributed by atoms with Gasteiger partial charge in [0.05, 0.1) is 12.5 Å². The number of hydrogen-bond acceptors (Lipinski definition) is 5. The average Bonchev–Trinajstić information content (AvgIpc) is 2.95. The van der Waals surface area contributed by atoms with Crippen molar-refractivity contribution in [2.75, 3.05) is 19.6 Å². The molecule has 27 heavy (non-hydrogen) atoms. The molecule has 1 aromatic rings. The maximum atomic E-state index is 12.5. The second-order valence-corrected chi connectivity index (χ2v) is 7.54. The van der Waals surface area contributed by atoms with Gasteiger partial charge in [0.1, 0.15) is 18.3 Å². The number of aliphatic hydroxyl groups excluding tert-OH is 2. The molecule has 0 aromatic heterocycles. The molecule has 0 spiro atoms. The molecule has 2 heterocycles. The third-order valence-electron chi connectivity index (χ3n) is 5.47. The van der Waals surface area contributed by atoms with Crippen molar-refractivity contribution in [1.82, 2.24) is 10.2 Å². The zero-order valence-electron chi connectivity index (χ0n) is 15.6. The van der Waals surface area contributed by atoms with Crippen LogP contribution in [-0.4, -0.2) is 71.0 Å². The second-order valence-electron chi connectivity index (χ2n) is 7.54. The first kappa shape index (κ1) is 19.8. The van der Waals surface area contributed by atoms with E-state index >= 15 is 0 Å². The number of hydrogen-bond donors (Lipinski definition) is 3. The summed E-state index contributed by atoms with van der Waals surface area (Å²) in [5.41, 5.74) is 0.511. The Bertz CT molecular complexity index is 645. The minimum atomic E-state index is -1.14. The summed E-state index contributed by atoms with van der Waals surface area (Å²) in [6.07, 6.45) is -1.78. The molecule has 7 nitrogen and oxygen atoms in total. The lowest BCUT2D eigenvalue weighted by molar-refractivity contribution is -0.136. The molecule has 0 saturated carbocycles. The van der Waals surface area contributed by atoms with E-state index in [0.717, 1.165) is 25.9 Å². The molecule has 0 radical (unpaired) electrons. The van der Waals surface area contributed by atoms with Gasteiger partial charge in [0.25, 0.3) is 5.91 Å². The minimum absolute atomic E-state index is 0.0374. The van der Waals surface area contributed by atoms with Crippen LogP contribution in [0.1, 0.15) is 36.5 Å². The maximum Gasteiger partial charge on any atom is 0.251 e. The van der Waals surface area contributed by atoms with Gasteiger partial charge in [-0.15, -0.1) is 0 Å². The predicted molar refractivity (Wildman–Crippen MR) is 99.0 cm³/mol. The summed E-state index contributed by atoms with van der Waals surface area (Å²) in [6, 6.07) is 8.74. The molecule has 1 aromatic carbocycles. The SMILES string of the molecule is CC1CCN(C(=O)C[C@@H]2O[C@H](CNC(=O)c3ccccc3)[C@@H](O)[C@H]2O)CC1. The Morgan fingerprint density at radius 1 is 1.11 bits per heavy atom. The molecule has 3 rings (SSSR count). The maximum absolute atomic E-state index is 12.5. The predicted octanol–water partition coefficient (Wildman–Crippen LogP) is 0.554. The van der Waals surface area contributed by atoms with E-state index in [0.29, 0.717) is 11.5 Å². The Kier molecular flexibility index (Phi) is 6.46. The number of benzene rings is 1. The van der Waals surface area contributed by atoms with Gasteiger partial charge in [-0.1, -0.05) is 25.1 Å². The zero-order valence-corrected chi connectivity index (χ0v) is 15.6. The van der Waals surface area contributed by atoms with Gasteiger partial charge in [0, 0.05) is 25.2 Å². The summed E-state index contributed by atoms with van der Waals surface area (Å²) in [5, 5.41) is 23.2. The molecule has 0 bridgehead atoms. The fraction of sp³-hybridized carbons (Fsp3) is 0.600. The first-order valence-corrected chi connectivity index (χ1v) is 9.58. The van der Waals surface area contributed by atoms with Crippen LogP contribution in [0.25, 0.3) is 0 Å². The van der Waals surface area contributed by atoms with Gasteiger partial charge in [-0.25, -0.2) is 0 Å². The van der Waals surface area contributed by atoms with Crippen molar-refractivity contribution in [3.8, 4) is 0 Å². The number of aliphatic hydroxyl groups is 2. The van der Waals surface area contributed by atoms with E-state index in [1.54, 1.807) is 29.2 Å². The van der Waals surface area contributed by atoms with Crippen molar-refractivity contribution in [1.29, 1.82) is 0 Å². The number of likely N-dealkylation sites (tertiary alicyclic amines) is 1. The first-order valence-electron chi connectivity index (χ1n) is 9.58. The molecular formula is C20H28N2O5. The fourth-order valence-corrected chi connectivity index (χ4v) is 3.61. The number of amides is 2. The Hall–Kier alpha value is -1.96. The first-order chi connectivity index (χ1) is 13.0. The number of ether oxygens (including phenoxy) is 1. The van der Waals surface area contributed by atoms with Crippen LogP contribution in [-0.2, 0) is 9.53 Å². The van der Waals surface area contributed by atoms with Gasteiger partial charge >= 0.3 is 0 Å². The third kappa shape index (κ3) is 4.86. The molecule has 2 amide bonds. The van der Waals surface area contributed by atoms with Crippen molar-refractivity contribution in [3.63, 3.8) is 0 Å². The summed E-state index contributed by atoms with van der Waals surface area (Å²) in [7, 11) is 0. The highest BCUT2D eigenvalue weighted by Gasteiger charge is 2.43. The van der Waals surface area contributed by atoms with Crippen LogP contribution in [0.5, 0.6) is 0 Å². The Morgan fingerprint density at radius 3 is 2.41 bits per heavy atom. The molecule has 0 aliphatic carbocycles. The minimum Gasteiger partial charge on any atom is -0.388 e. The fourth-order valence-electron chi connectivity index (χ4n) is 3.61. The molecule has 2 fully saturated rings. The number of carbonyl (C=O) groups excluding carboxylic acids is 2. The lowest BCUT2D eigenvalue weighted by atomic mass is 9.98. The van der Waals surface area contributed by atoms with Crippen LogP contribution in [0.4, 0.5) is 0 Å². The molecule has 148 valence electrons. The van der Waals surface area contributed by atoms with Crippen LogP contribution in [0.2, 0.25) is 0 Å². The molecule has 2 saturated heterocycles. The average molecular weight is 376 g/mol. The molecule has 4 atom stereocenters. The largest absolute Gasteiger partial charge is 0.388 e. The van der Waals surface area contributed by atoms with Crippen molar-refractivity contribution in [2.24, 2.45) is 5.92 Å². The van der Waals surface area contributed by atoms with Gasteiger partial charge in [-0.3, -0.25) is 9.59 Å². The molecule has 3 N–H and O–H groups in total. The number of nitrogens with zero attached hydrogens (tertiary/aromatic N) is 1. The van der Waals surface area contributed by atoms with Crippen molar-refractivity contribution < 1.29 is 24.5 Å². The van der Waals surface area contributed by atoms with Crippen LogP contribution >= 0.6 is 0 Å². The van der Waals surface area contributed by atoms with E-state index in [2.05, 4.69) is 12.2 Å². The summed E-state index contributed by atoms with van der Waals surface area (Å²) in [5.74, 6) is 0.289. The van der Waals surface area contributed by atoms with Gasteiger partial charge in [-0.2, -0.15) is 0 Å². The molecule has 2 aliphatic rings. The monoisotopic (exact) mass is 376 g/mol. The zero-order chi connectivity index (χ0) is 19.4. The number of piperidine rings is 1. The van der Waals surface area contributed by atoms with Gasteiger partial charge in [0.15, 0.2) is 0 Å². The van der Waals surface area contributed by atoms with Crippen molar-refractivity contribution in [2.45, 2.75) is 50.6 Å². The van der Waals surface area contributed by atoms with Gasteiger partial charge in [0.2, 0.25) is 5.91 Å². The number of rotatable bonds is 5. The second kappa shape index (κ2) is 8.82. The highest BCUT2D eigenvalue weighted by Crippen LogP contribution is 2.25. The van der Waals surface area contributed by atoms with E-state index in [1.165, 1.54) is 0 Å². The topological polar surface area (TPSA) is 99.1 Å². The van der Waals surface area contributed by atoms with E-state index < -0.39 is 24.4 Å².